The normalized spacial score (nSPS) is 9.88. The maximum atomic E-state index is 5.37. The topological polar surface area (TPSA) is 35.2 Å². The van der Waals surface area contributed by atoms with E-state index in [9.17, 15) is 0 Å². The van der Waals surface area contributed by atoms with E-state index in [2.05, 4.69) is 23.7 Å². The van der Waals surface area contributed by atoms with Gasteiger partial charge in [-0.25, -0.2) is 0 Å². The van der Waals surface area contributed by atoms with E-state index in [0.29, 0.717) is 13.2 Å². The van der Waals surface area contributed by atoms with E-state index < -0.39 is 0 Å². The molecule has 1 aromatic rings. The van der Waals surface area contributed by atoms with Crippen LogP contribution < -0.4 is 5.73 Å². The highest BCUT2D eigenvalue weighted by molar-refractivity contribution is 5.80. The van der Waals surface area contributed by atoms with Crippen LogP contribution in [0.1, 0.15) is 5.56 Å². The molecule has 0 atom stereocenters. The van der Waals surface area contributed by atoms with Gasteiger partial charge in [-0.1, -0.05) is 54.0 Å². The summed E-state index contributed by atoms with van der Waals surface area (Å²) in [5.74, 6) is 11.6. The lowest BCUT2D eigenvalue weighted by Crippen LogP contribution is -1.93. The summed E-state index contributed by atoms with van der Waals surface area (Å²) in [5.41, 5.74) is 7.29. The molecule has 0 aromatic heterocycles. The molecule has 0 saturated heterocycles. The molecular formula is C15H15NO. The molecule has 0 heterocycles. The highest BCUT2D eigenvalue weighted by Crippen LogP contribution is 2.11. The van der Waals surface area contributed by atoms with Crippen LogP contribution in [0.2, 0.25) is 0 Å². The van der Waals surface area contributed by atoms with E-state index in [4.69, 9.17) is 10.5 Å². The molecule has 17 heavy (non-hydrogen) atoms. The van der Waals surface area contributed by atoms with E-state index in [-0.39, 0.29) is 0 Å². The van der Waals surface area contributed by atoms with Crippen molar-refractivity contribution in [2.75, 3.05) is 20.3 Å². The van der Waals surface area contributed by atoms with Crippen molar-refractivity contribution in [2.45, 2.75) is 0 Å². The van der Waals surface area contributed by atoms with E-state index in [1.807, 2.05) is 30.3 Å². The molecule has 0 saturated carbocycles. The molecule has 0 aliphatic heterocycles. The van der Waals surface area contributed by atoms with Gasteiger partial charge in [0.15, 0.2) is 0 Å². The number of allylic oxidation sites excluding steroid dienone is 2. The van der Waals surface area contributed by atoms with Crippen LogP contribution in [0.4, 0.5) is 0 Å². The molecular weight excluding hydrogens is 210 g/mol. The Morgan fingerprint density at radius 3 is 2.71 bits per heavy atom. The van der Waals surface area contributed by atoms with E-state index in [1.165, 1.54) is 0 Å². The fourth-order valence-corrected chi connectivity index (χ4v) is 1.19. The number of nitrogens with two attached hydrogens (primary N) is 1. The number of rotatable bonds is 2. The molecule has 0 aliphatic carbocycles. The molecule has 0 aliphatic rings. The Kier molecular flexibility index (Phi) is 6.29. The van der Waals surface area contributed by atoms with Gasteiger partial charge in [-0.15, -0.1) is 0 Å². The second-order valence-electron chi connectivity index (χ2n) is 3.18. The van der Waals surface area contributed by atoms with Crippen molar-refractivity contribution in [1.82, 2.24) is 0 Å². The van der Waals surface area contributed by atoms with Gasteiger partial charge in [0, 0.05) is 18.8 Å². The second-order valence-corrected chi connectivity index (χ2v) is 3.18. The van der Waals surface area contributed by atoms with Crippen molar-refractivity contribution in [3.63, 3.8) is 0 Å². The SMILES string of the molecule is COCC#C/C=C(\C#CCN)c1ccccc1. The molecule has 1 rings (SSSR count). The van der Waals surface area contributed by atoms with Crippen LogP contribution in [0.3, 0.4) is 0 Å². The van der Waals surface area contributed by atoms with Gasteiger partial charge in [0.2, 0.25) is 0 Å². The summed E-state index contributed by atoms with van der Waals surface area (Å²) in [4.78, 5) is 0. The van der Waals surface area contributed by atoms with Crippen LogP contribution >= 0.6 is 0 Å². The number of ether oxygens (including phenoxy) is 1. The summed E-state index contributed by atoms with van der Waals surface area (Å²) < 4.78 is 4.85. The van der Waals surface area contributed by atoms with Crippen LogP contribution in [-0.2, 0) is 4.74 Å². The second kappa shape index (κ2) is 8.19. The first-order valence-electron chi connectivity index (χ1n) is 5.30. The Morgan fingerprint density at radius 1 is 1.29 bits per heavy atom. The van der Waals surface area contributed by atoms with Gasteiger partial charge >= 0.3 is 0 Å². The van der Waals surface area contributed by atoms with Crippen LogP contribution in [0, 0.1) is 23.7 Å². The van der Waals surface area contributed by atoms with E-state index in [1.54, 1.807) is 13.2 Å². The molecule has 0 spiro atoms. The minimum atomic E-state index is 0.343. The van der Waals surface area contributed by atoms with Gasteiger partial charge in [0.25, 0.3) is 0 Å². The fourth-order valence-electron chi connectivity index (χ4n) is 1.19. The first-order valence-corrected chi connectivity index (χ1v) is 5.30. The molecule has 2 heteroatoms. The number of methoxy groups -OCH3 is 1. The average Bonchev–Trinajstić information content (AvgIpc) is 2.39. The minimum Gasteiger partial charge on any atom is -0.372 e. The van der Waals surface area contributed by atoms with Crippen LogP contribution in [-0.4, -0.2) is 20.3 Å². The summed E-state index contributed by atoms with van der Waals surface area (Å²) in [7, 11) is 1.62. The van der Waals surface area contributed by atoms with Crippen LogP contribution in [0.15, 0.2) is 36.4 Å². The van der Waals surface area contributed by atoms with Crippen molar-refractivity contribution >= 4 is 5.57 Å². The van der Waals surface area contributed by atoms with Crippen molar-refractivity contribution < 1.29 is 4.74 Å². The molecule has 0 fully saturated rings. The zero-order valence-electron chi connectivity index (χ0n) is 9.86. The Morgan fingerprint density at radius 2 is 2.06 bits per heavy atom. The maximum absolute atomic E-state index is 5.37. The largest absolute Gasteiger partial charge is 0.372 e. The van der Waals surface area contributed by atoms with Gasteiger partial charge in [-0.05, 0) is 5.56 Å². The van der Waals surface area contributed by atoms with Gasteiger partial charge in [0.05, 0.1) is 6.54 Å². The third-order valence-electron chi connectivity index (χ3n) is 1.94. The number of hydrogen-bond acceptors (Lipinski definition) is 2. The summed E-state index contributed by atoms with van der Waals surface area (Å²) in [6, 6.07) is 9.89. The molecule has 86 valence electrons. The standard InChI is InChI=1S/C15H15NO/c1-17-13-6-5-10-15(11-7-12-16)14-8-3-2-4-9-14/h2-4,8-10H,12-13,16H2,1H3/b15-10+. The Bertz CT molecular complexity index is 480. The quantitative estimate of drug-likeness (QED) is 0.777. The van der Waals surface area contributed by atoms with Crippen LogP contribution in [0.5, 0.6) is 0 Å². The van der Waals surface area contributed by atoms with Crippen molar-refractivity contribution in [3.8, 4) is 23.7 Å². The predicted octanol–water partition coefficient (Wildman–Crippen LogP) is 1.68. The first kappa shape index (κ1) is 13.1. The lowest BCUT2D eigenvalue weighted by molar-refractivity contribution is 0.240. The van der Waals surface area contributed by atoms with E-state index >= 15 is 0 Å². The average molecular weight is 225 g/mol. The summed E-state index contributed by atoms with van der Waals surface area (Å²) in [6.07, 6.45) is 1.79. The predicted molar refractivity (Wildman–Crippen MR) is 70.9 cm³/mol. The Balaban J connectivity index is 2.94. The summed E-state index contributed by atoms with van der Waals surface area (Å²) in [6.45, 7) is 0.762. The first-order chi connectivity index (χ1) is 8.38. The number of hydrogen-bond donors (Lipinski definition) is 1. The molecule has 1 aromatic carbocycles. The molecule has 2 nitrogen and oxygen atoms in total. The molecule has 0 radical (unpaired) electrons. The van der Waals surface area contributed by atoms with Gasteiger partial charge < -0.3 is 10.5 Å². The lowest BCUT2D eigenvalue weighted by atomic mass is 10.1. The zero-order chi connectivity index (χ0) is 12.3. The Labute approximate surface area is 102 Å². The molecule has 0 unspecified atom stereocenters. The molecule has 2 N–H and O–H groups in total. The zero-order valence-corrected chi connectivity index (χ0v) is 9.86. The summed E-state index contributed by atoms with van der Waals surface area (Å²) >= 11 is 0. The van der Waals surface area contributed by atoms with Gasteiger partial charge in [-0.2, -0.15) is 0 Å². The van der Waals surface area contributed by atoms with E-state index in [0.717, 1.165) is 11.1 Å². The summed E-state index contributed by atoms with van der Waals surface area (Å²) in [5, 5.41) is 0. The van der Waals surface area contributed by atoms with Crippen molar-refractivity contribution in [3.05, 3.63) is 42.0 Å². The highest BCUT2D eigenvalue weighted by Gasteiger charge is 1.94. The maximum Gasteiger partial charge on any atom is 0.107 e. The van der Waals surface area contributed by atoms with Gasteiger partial charge in [-0.3, -0.25) is 0 Å². The lowest BCUT2D eigenvalue weighted by Gasteiger charge is -1.97. The molecule has 0 bridgehead atoms. The fraction of sp³-hybridized carbons (Fsp3) is 0.200. The Hall–Kier alpha value is -2.00. The molecule has 0 amide bonds. The third-order valence-corrected chi connectivity index (χ3v) is 1.94. The van der Waals surface area contributed by atoms with Crippen molar-refractivity contribution in [2.24, 2.45) is 5.73 Å². The highest BCUT2D eigenvalue weighted by atomic mass is 16.5. The van der Waals surface area contributed by atoms with Crippen LogP contribution in [0.25, 0.3) is 5.57 Å². The minimum absolute atomic E-state index is 0.343. The van der Waals surface area contributed by atoms with Crippen molar-refractivity contribution in [1.29, 1.82) is 0 Å². The third kappa shape index (κ3) is 5.04. The van der Waals surface area contributed by atoms with Gasteiger partial charge in [0.1, 0.15) is 6.61 Å². The number of benzene rings is 1. The smallest absolute Gasteiger partial charge is 0.107 e. The monoisotopic (exact) mass is 225 g/mol.